The minimum Gasteiger partial charge on any atom is -0.478 e. The van der Waals surface area contributed by atoms with Crippen LogP contribution in [-0.2, 0) is 4.79 Å². The minimum atomic E-state index is -0.870. The number of hydrogen-bond acceptors (Lipinski definition) is 1. The molecule has 0 aromatic rings. The maximum absolute atomic E-state index is 10.2. The Kier molecular flexibility index (Phi) is 4.30. The van der Waals surface area contributed by atoms with Crippen molar-refractivity contribution in [3.8, 4) is 0 Å². The summed E-state index contributed by atoms with van der Waals surface area (Å²) in [4.78, 5) is 10.2. The molecule has 0 amide bonds. The minimum absolute atomic E-state index is 0.870. The number of rotatable bonds is 2. The quantitative estimate of drug-likeness (QED) is 0.524. The molecular weight excluding hydrogens is 164 g/mol. The van der Waals surface area contributed by atoms with E-state index in [1.165, 1.54) is 37.3 Å². The van der Waals surface area contributed by atoms with Crippen molar-refractivity contribution in [1.82, 2.24) is 0 Å². The summed E-state index contributed by atoms with van der Waals surface area (Å²) in [5.41, 5.74) is 1.40. The van der Waals surface area contributed by atoms with E-state index in [2.05, 4.69) is 0 Å². The number of carboxylic acids is 1. The molecule has 1 fully saturated rings. The molecule has 0 aliphatic heterocycles. The van der Waals surface area contributed by atoms with Gasteiger partial charge in [0.1, 0.15) is 0 Å². The first kappa shape index (κ1) is 10.0. The lowest BCUT2D eigenvalue weighted by atomic mass is 10.1. The normalized spacial score (nSPS) is 18.6. The van der Waals surface area contributed by atoms with E-state index in [9.17, 15) is 4.79 Å². The molecule has 0 atom stereocenters. The molecule has 2 nitrogen and oxygen atoms in total. The van der Waals surface area contributed by atoms with Crippen LogP contribution in [0.2, 0.25) is 0 Å². The second-order valence-corrected chi connectivity index (χ2v) is 3.44. The SMILES string of the molecule is O=C(O)/C=C/C=C1CCCCCC1. The van der Waals surface area contributed by atoms with Crippen LogP contribution in [0, 0.1) is 0 Å². The predicted molar refractivity (Wildman–Crippen MR) is 52.6 cm³/mol. The Bertz CT molecular complexity index is 216. The zero-order chi connectivity index (χ0) is 9.52. The number of carboxylic acid groups (broad SMARTS) is 1. The van der Waals surface area contributed by atoms with Crippen LogP contribution in [0.5, 0.6) is 0 Å². The molecule has 0 unspecified atom stereocenters. The fraction of sp³-hybridized carbons (Fsp3) is 0.545. The molecule has 1 aliphatic carbocycles. The molecular formula is C11H16O2. The predicted octanol–water partition coefficient (Wildman–Crippen LogP) is 2.91. The highest BCUT2D eigenvalue weighted by Crippen LogP contribution is 2.21. The molecule has 13 heavy (non-hydrogen) atoms. The van der Waals surface area contributed by atoms with Crippen LogP contribution in [0.25, 0.3) is 0 Å². The highest BCUT2D eigenvalue weighted by atomic mass is 16.4. The van der Waals surface area contributed by atoms with E-state index in [1.54, 1.807) is 6.08 Å². The van der Waals surface area contributed by atoms with Crippen molar-refractivity contribution in [3.05, 3.63) is 23.8 Å². The van der Waals surface area contributed by atoms with Gasteiger partial charge >= 0.3 is 5.97 Å². The maximum atomic E-state index is 10.2. The summed E-state index contributed by atoms with van der Waals surface area (Å²) in [6, 6.07) is 0. The van der Waals surface area contributed by atoms with E-state index in [0.29, 0.717) is 0 Å². The van der Waals surface area contributed by atoms with Crippen molar-refractivity contribution in [2.75, 3.05) is 0 Å². The van der Waals surface area contributed by atoms with Crippen LogP contribution in [0.1, 0.15) is 38.5 Å². The van der Waals surface area contributed by atoms with E-state index in [4.69, 9.17) is 5.11 Å². The molecule has 2 heteroatoms. The van der Waals surface area contributed by atoms with Crippen molar-refractivity contribution in [2.24, 2.45) is 0 Å². The molecule has 72 valence electrons. The summed E-state index contributed by atoms with van der Waals surface area (Å²) >= 11 is 0. The summed E-state index contributed by atoms with van der Waals surface area (Å²) in [6.45, 7) is 0. The van der Waals surface area contributed by atoms with Gasteiger partial charge in [-0.05, 0) is 25.7 Å². The Morgan fingerprint density at radius 3 is 2.31 bits per heavy atom. The lowest BCUT2D eigenvalue weighted by Gasteiger charge is -1.98. The van der Waals surface area contributed by atoms with Gasteiger partial charge in [0.25, 0.3) is 0 Å². The van der Waals surface area contributed by atoms with Gasteiger partial charge < -0.3 is 5.11 Å². The smallest absolute Gasteiger partial charge is 0.328 e. The van der Waals surface area contributed by atoms with Gasteiger partial charge in [-0.25, -0.2) is 4.79 Å². The first-order valence-corrected chi connectivity index (χ1v) is 4.88. The van der Waals surface area contributed by atoms with Gasteiger partial charge in [-0.2, -0.15) is 0 Å². The molecule has 0 saturated heterocycles. The van der Waals surface area contributed by atoms with E-state index < -0.39 is 5.97 Å². The van der Waals surface area contributed by atoms with Gasteiger partial charge in [-0.1, -0.05) is 30.6 Å². The summed E-state index contributed by atoms with van der Waals surface area (Å²) in [7, 11) is 0. The average molecular weight is 180 g/mol. The first-order valence-electron chi connectivity index (χ1n) is 4.88. The van der Waals surface area contributed by atoms with Crippen molar-refractivity contribution >= 4 is 5.97 Å². The fourth-order valence-corrected chi connectivity index (χ4v) is 1.62. The average Bonchev–Trinajstić information content (AvgIpc) is 2.32. The largest absolute Gasteiger partial charge is 0.478 e. The number of aliphatic carboxylic acids is 1. The van der Waals surface area contributed by atoms with Crippen molar-refractivity contribution in [1.29, 1.82) is 0 Å². The van der Waals surface area contributed by atoms with Crippen LogP contribution >= 0.6 is 0 Å². The monoisotopic (exact) mass is 180 g/mol. The third kappa shape index (κ3) is 4.51. The molecule has 1 aliphatic rings. The first-order chi connectivity index (χ1) is 6.29. The van der Waals surface area contributed by atoms with Crippen molar-refractivity contribution < 1.29 is 9.90 Å². The Hall–Kier alpha value is -1.05. The Morgan fingerprint density at radius 1 is 1.15 bits per heavy atom. The number of hydrogen-bond donors (Lipinski definition) is 1. The zero-order valence-corrected chi connectivity index (χ0v) is 7.83. The number of allylic oxidation sites excluding steroid dienone is 3. The molecule has 0 aromatic carbocycles. The van der Waals surface area contributed by atoms with Crippen molar-refractivity contribution in [2.45, 2.75) is 38.5 Å². The van der Waals surface area contributed by atoms with Crippen LogP contribution in [0.4, 0.5) is 0 Å². The molecule has 0 spiro atoms. The van der Waals surface area contributed by atoms with E-state index in [-0.39, 0.29) is 0 Å². The van der Waals surface area contributed by atoms with Gasteiger partial charge in [0.15, 0.2) is 0 Å². The second kappa shape index (κ2) is 5.57. The Balaban J connectivity index is 2.43. The molecule has 0 bridgehead atoms. The van der Waals surface area contributed by atoms with Gasteiger partial charge in [0.05, 0.1) is 0 Å². The lowest BCUT2D eigenvalue weighted by molar-refractivity contribution is -0.131. The molecule has 0 aromatic heterocycles. The van der Waals surface area contributed by atoms with E-state index >= 15 is 0 Å². The zero-order valence-electron chi connectivity index (χ0n) is 7.83. The summed E-state index contributed by atoms with van der Waals surface area (Å²) in [5, 5.41) is 8.38. The van der Waals surface area contributed by atoms with Crippen molar-refractivity contribution in [3.63, 3.8) is 0 Å². The highest BCUT2D eigenvalue weighted by Gasteiger charge is 2.02. The summed E-state index contributed by atoms with van der Waals surface area (Å²) in [6.07, 6.45) is 12.2. The van der Waals surface area contributed by atoms with Crippen LogP contribution in [-0.4, -0.2) is 11.1 Å². The Labute approximate surface area is 79.0 Å². The lowest BCUT2D eigenvalue weighted by Crippen LogP contribution is -1.85. The third-order valence-electron chi connectivity index (χ3n) is 2.32. The second-order valence-electron chi connectivity index (χ2n) is 3.44. The van der Waals surface area contributed by atoms with E-state index in [0.717, 1.165) is 12.8 Å². The molecule has 1 saturated carbocycles. The van der Waals surface area contributed by atoms with Gasteiger partial charge in [-0.3, -0.25) is 0 Å². The van der Waals surface area contributed by atoms with Gasteiger partial charge in [0, 0.05) is 6.08 Å². The van der Waals surface area contributed by atoms with E-state index in [1.807, 2.05) is 6.08 Å². The van der Waals surface area contributed by atoms with Crippen LogP contribution < -0.4 is 0 Å². The standard InChI is InChI=1S/C11H16O2/c12-11(13)9-5-8-10-6-3-1-2-4-7-10/h5,8-9H,1-4,6-7H2,(H,12,13)/b9-5+. The molecule has 1 N–H and O–H groups in total. The van der Waals surface area contributed by atoms with Crippen LogP contribution in [0.15, 0.2) is 23.8 Å². The molecule has 1 rings (SSSR count). The summed E-state index contributed by atoms with van der Waals surface area (Å²) < 4.78 is 0. The maximum Gasteiger partial charge on any atom is 0.328 e. The highest BCUT2D eigenvalue weighted by molar-refractivity contribution is 5.80. The number of carbonyl (C=O) groups is 1. The fourth-order valence-electron chi connectivity index (χ4n) is 1.62. The molecule has 0 radical (unpaired) electrons. The summed E-state index contributed by atoms with van der Waals surface area (Å²) in [5.74, 6) is -0.870. The topological polar surface area (TPSA) is 37.3 Å². The van der Waals surface area contributed by atoms with Gasteiger partial charge in [0.2, 0.25) is 0 Å². The van der Waals surface area contributed by atoms with Gasteiger partial charge in [-0.15, -0.1) is 0 Å². The van der Waals surface area contributed by atoms with Crippen LogP contribution in [0.3, 0.4) is 0 Å². The Morgan fingerprint density at radius 2 is 1.77 bits per heavy atom. The molecule has 0 heterocycles. The third-order valence-corrected chi connectivity index (χ3v) is 2.32.